The Balaban J connectivity index is 2.25. The Kier molecular flexibility index (Phi) is 8.11. The number of hydrogen-bond donors (Lipinski definition) is 0. The summed E-state index contributed by atoms with van der Waals surface area (Å²) < 4.78 is 11.3. The van der Waals surface area contributed by atoms with E-state index in [2.05, 4.69) is 19.9 Å². The quantitative estimate of drug-likeness (QED) is 0.545. The predicted octanol–water partition coefficient (Wildman–Crippen LogP) is 5.13. The Morgan fingerprint density at radius 1 is 0.789 bits per heavy atom. The molecule has 2 heteroatoms. The van der Waals surface area contributed by atoms with Gasteiger partial charge in [0.25, 0.3) is 0 Å². The van der Waals surface area contributed by atoms with E-state index >= 15 is 0 Å². The van der Waals surface area contributed by atoms with Crippen molar-refractivity contribution >= 4 is 0 Å². The molecule has 0 heterocycles. The van der Waals surface area contributed by atoms with Crippen LogP contribution in [0.1, 0.15) is 57.9 Å². The number of unbranched alkanes of at least 4 members (excludes halogenated alkanes) is 5. The van der Waals surface area contributed by atoms with E-state index in [1.54, 1.807) is 0 Å². The molecule has 0 unspecified atom stereocenters. The molecular weight excluding hydrogens is 236 g/mol. The van der Waals surface area contributed by atoms with Crippen LogP contribution in [0.5, 0.6) is 11.5 Å². The van der Waals surface area contributed by atoms with Crippen molar-refractivity contribution in [3.8, 4) is 11.5 Å². The molecule has 0 saturated carbocycles. The van der Waals surface area contributed by atoms with Gasteiger partial charge in [-0.05, 0) is 38.0 Å². The third kappa shape index (κ3) is 7.09. The zero-order chi connectivity index (χ0) is 13.9. The zero-order valence-electron chi connectivity index (χ0n) is 12.7. The summed E-state index contributed by atoms with van der Waals surface area (Å²) in [5, 5.41) is 0. The van der Waals surface area contributed by atoms with Gasteiger partial charge in [0.1, 0.15) is 11.5 Å². The lowest BCUT2D eigenvalue weighted by Gasteiger charge is -2.10. The first-order valence-electron chi connectivity index (χ1n) is 7.63. The molecule has 0 spiro atoms. The number of aryl methyl sites for hydroxylation is 1. The van der Waals surface area contributed by atoms with E-state index in [-0.39, 0.29) is 0 Å². The molecule has 1 aromatic carbocycles. The monoisotopic (exact) mass is 264 g/mol. The molecule has 0 amide bonds. The van der Waals surface area contributed by atoms with Crippen molar-refractivity contribution in [2.45, 2.75) is 59.3 Å². The Morgan fingerprint density at radius 2 is 1.42 bits per heavy atom. The van der Waals surface area contributed by atoms with E-state index in [0.29, 0.717) is 6.61 Å². The number of benzene rings is 1. The molecule has 0 fully saturated rings. The van der Waals surface area contributed by atoms with Gasteiger partial charge in [0.2, 0.25) is 0 Å². The lowest BCUT2D eigenvalue weighted by Crippen LogP contribution is -1.99. The van der Waals surface area contributed by atoms with E-state index in [0.717, 1.165) is 24.5 Å². The van der Waals surface area contributed by atoms with Crippen LogP contribution in [0.25, 0.3) is 0 Å². The highest BCUT2D eigenvalue weighted by Crippen LogP contribution is 2.22. The highest BCUT2D eigenvalue weighted by molar-refractivity contribution is 5.37. The first-order chi connectivity index (χ1) is 9.26. The molecule has 0 aromatic heterocycles. The molecule has 0 N–H and O–H groups in total. The van der Waals surface area contributed by atoms with Gasteiger partial charge in [-0.3, -0.25) is 0 Å². The van der Waals surface area contributed by atoms with Gasteiger partial charge < -0.3 is 9.47 Å². The molecule has 108 valence electrons. The normalized spacial score (nSPS) is 10.5. The number of rotatable bonds is 10. The van der Waals surface area contributed by atoms with Gasteiger partial charge in [0.05, 0.1) is 13.2 Å². The number of hydrogen-bond acceptors (Lipinski definition) is 2. The Labute approximate surface area is 118 Å². The molecule has 0 aliphatic carbocycles. The van der Waals surface area contributed by atoms with Gasteiger partial charge in [0, 0.05) is 6.07 Å². The van der Waals surface area contributed by atoms with Gasteiger partial charge in [-0.25, -0.2) is 0 Å². The fourth-order valence-electron chi connectivity index (χ4n) is 2.12. The lowest BCUT2D eigenvalue weighted by molar-refractivity contribution is 0.298. The van der Waals surface area contributed by atoms with Crippen molar-refractivity contribution in [2.24, 2.45) is 0 Å². The maximum Gasteiger partial charge on any atom is 0.123 e. The van der Waals surface area contributed by atoms with Crippen LogP contribution in [0, 0.1) is 6.92 Å². The molecule has 1 rings (SSSR count). The largest absolute Gasteiger partial charge is 0.494 e. The average Bonchev–Trinajstić information content (AvgIpc) is 2.37. The van der Waals surface area contributed by atoms with E-state index in [1.807, 2.05) is 19.1 Å². The molecule has 0 aliphatic heterocycles. The molecule has 0 radical (unpaired) electrons. The topological polar surface area (TPSA) is 18.5 Å². The second-order valence-corrected chi connectivity index (χ2v) is 5.03. The average molecular weight is 264 g/mol. The van der Waals surface area contributed by atoms with Crippen LogP contribution in [0.15, 0.2) is 18.2 Å². The van der Waals surface area contributed by atoms with Crippen LogP contribution in [-0.4, -0.2) is 13.2 Å². The SMILES string of the molecule is CCCCCCCCOc1cc(C)cc(OCC)c1. The van der Waals surface area contributed by atoms with Gasteiger partial charge >= 0.3 is 0 Å². The minimum atomic E-state index is 0.695. The highest BCUT2D eigenvalue weighted by Gasteiger charge is 2.00. The summed E-state index contributed by atoms with van der Waals surface area (Å²) in [5.41, 5.74) is 1.18. The summed E-state index contributed by atoms with van der Waals surface area (Å²) in [6, 6.07) is 6.09. The minimum absolute atomic E-state index is 0.695. The van der Waals surface area contributed by atoms with Crippen LogP contribution < -0.4 is 9.47 Å². The second kappa shape index (κ2) is 9.71. The van der Waals surface area contributed by atoms with Crippen molar-refractivity contribution in [3.63, 3.8) is 0 Å². The van der Waals surface area contributed by atoms with E-state index in [9.17, 15) is 0 Å². The first-order valence-corrected chi connectivity index (χ1v) is 7.63. The van der Waals surface area contributed by atoms with Crippen LogP contribution >= 0.6 is 0 Å². The van der Waals surface area contributed by atoms with E-state index in [1.165, 1.54) is 37.7 Å². The maximum atomic E-state index is 5.80. The third-order valence-electron chi connectivity index (χ3n) is 3.10. The second-order valence-electron chi connectivity index (χ2n) is 5.03. The zero-order valence-corrected chi connectivity index (χ0v) is 12.7. The summed E-state index contributed by atoms with van der Waals surface area (Å²) in [4.78, 5) is 0. The molecule has 1 aromatic rings. The van der Waals surface area contributed by atoms with Crippen molar-refractivity contribution in [1.82, 2.24) is 0 Å². The third-order valence-corrected chi connectivity index (χ3v) is 3.10. The fraction of sp³-hybridized carbons (Fsp3) is 0.647. The van der Waals surface area contributed by atoms with Crippen molar-refractivity contribution in [2.75, 3.05) is 13.2 Å². The summed E-state index contributed by atoms with van der Waals surface area (Å²) in [5.74, 6) is 1.83. The van der Waals surface area contributed by atoms with Crippen LogP contribution in [0.4, 0.5) is 0 Å². The van der Waals surface area contributed by atoms with Gasteiger partial charge in [-0.15, -0.1) is 0 Å². The first kappa shape index (κ1) is 15.9. The van der Waals surface area contributed by atoms with Gasteiger partial charge in [0.15, 0.2) is 0 Å². The standard InChI is InChI=1S/C17H28O2/c1-4-6-7-8-9-10-11-19-17-13-15(3)12-16(14-17)18-5-2/h12-14H,4-11H2,1-3H3. The molecular formula is C17H28O2. The number of ether oxygens (including phenoxy) is 2. The van der Waals surface area contributed by atoms with Crippen molar-refractivity contribution in [3.05, 3.63) is 23.8 Å². The van der Waals surface area contributed by atoms with Crippen LogP contribution in [0.3, 0.4) is 0 Å². The molecule has 0 atom stereocenters. The summed E-state index contributed by atoms with van der Waals surface area (Å²) >= 11 is 0. The smallest absolute Gasteiger partial charge is 0.123 e. The predicted molar refractivity (Wildman–Crippen MR) is 81.2 cm³/mol. The van der Waals surface area contributed by atoms with Gasteiger partial charge in [-0.2, -0.15) is 0 Å². The highest BCUT2D eigenvalue weighted by atomic mass is 16.5. The van der Waals surface area contributed by atoms with E-state index < -0.39 is 0 Å². The molecule has 0 bridgehead atoms. The summed E-state index contributed by atoms with van der Waals surface area (Å²) in [6.45, 7) is 7.82. The Morgan fingerprint density at radius 3 is 2.11 bits per heavy atom. The summed E-state index contributed by atoms with van der Waals surface area (Å²) in [6.07, 6.45) is 7.76. The van der Waals surface area contributed by atoms with Crippen molar-refractivity contribution < 1.29 is 9.47 Å². The molecule has 0 aliphatic rings. The Bertz CT molecular complexity index is 347. The molecule has 2 nitrogen and oxygen atoms in total. The Hall–Kier alpha value is -1.18. The summed E-state index contributed by atoms with van der Waals surface area (Å²) in [7, 11) is 0. The van der Waals surface area contributed by atoms with Crippen LogP contribution in [0.2, 0.25) is 0 Å². The van der Waals surface area contributed by atoms with Gasteiger partial charge in [-0.1, -0.05) is 39.0 Å². The molecule has 19 heavy (non-hydrogen) atoms. The fourth-order valence-corrected chi connectivity index (χ4v) is 2.12. The maximum absolute atomic E-state index is 5.80. The van der Waals surface area contributed by atoms with Crippen LogP contribution in [-0.2, 0) is 0 Å². The molecule has 0 saturated heterocycles. The lowest BCUT2D eigenvalue weighted by atomic mass is 10.1. The van der Waals surface area contributed by atoms with Crippen molar-refractivity contribution in [1.29, 1.82) is 0 Å². The minimum Gasteiger partial charge on any atom is -0.494 e. The van der Waals surface area contributed by atoms with E-state index in [4.69, 9.17) is 9.47 Å².